The second-order valence-electron chi connectivity index (χ2n) is 5.92. The number of thiophene rings is 1. The average molecular weight is 358 g/mol. The standard InChI is InChI=1S/C16H23N3O2S.ClH/c20-15(18-9-4-7-17-8-11-18)13-5-1-2-10-19(13)16(21)14-6-3-12-22-14;/h3,6,12-13,17H,1-2,4-5,7-11H2;1H. The second kappa shape index (κ2) is 8.66. The van der Waals surface area contributed by atoms with Gasteiger partial charge in [-0.3, -0.25) is 9.59 Å². The van der Waals surface area contributed by atoms with E-state index in [2.05, 4.69) is 5.32 Å². The zero-order valence-electron chi connectivity index (χ0n) is 13.2. The van der Waals surface area contributed by atoms with E-state index < -0.39 is 0 Å². The van der Waals surface area contributed by atoms with Crippen molar-refractivity contribution in [1.82, 2.24) is 15.1 Å². The lowest BCUT2D eigenvalue weighted by Crippen LogP contribution is -2.53. The first kappa shape index (κ1) is 18.2. The maximum absolute atomic E-state index is 12.9. The van der Waals surface area contributed by atoms with Crippen LogP contribution in [0.5, 0.6) is 0 Å². The van der Waals surface area contributed by atoms with Crippen molar-refractivity contribution in [3.05, 3.63) is 22.4 Å². The van der Waals surface area contributed by atoms with Gasteiger partial charge in [-0.25, -0.2) is 0 Å². The number of hydrogen-bond donors (Lipinski definition) is 1. The maximum Gasteiger partial charge on any atom is 0.264 e. The van der Waals surface area contributed by atoms with Crippen LogP contribution in [0.3, 0.4) is 0 Å². The Hall–Kier alpha value is -1.11. The van der Waals surface area contributed by atoms with Gasteiger partial charge in [0.05, 0.1) is 4.88 Å². The van der Waals surface area contributed by atoms with Gasteiger partial charge in [-0.05, 0) is 43.7 Å². The Kier molecular flexibility index (Phi) is 6.87. The van der Waals surface area contributed by atoms with E-state index in [9.17, 15) is 9.59 Å². The lowest BCUT2D eigenvalue weighted by Gasteiger charge is -2.37. The molecule has 0 aromatic carbocycles. The molecular weight excluding hydrogens is 334 g/mol. The summed E-state index contributed by atoms with van der Waals surface area (Å²) >= 11 is 1.45. The summed E-state index contributed by atoms with van der Waals surface area (Å²) in [6, 6.07) is 3.46. The van der Waals surface area contributed by atoms with E-state index in [1.165, 1.54) is 11.3 Å². The fourth-order valence-electron chi connectivity index (χ4n) is 3.25. The minimum absolute atomic E-state index is 0. The van der Waals surface area contributed by atoms with E-state index in [-0.39, 0.29) is 30.3 Å². The zero-order valence-corrected chi connectivity index (χ0v) is 14.8. The average Bonchev–Trinajstić information content (AvgIpc) is 2.96. The van der Waals surface area contributed by atoms with Crippen molar-refractivity contribution in [2.75, 3.05) is 32.7 Å². The van der Waals surface area contributed by atoms with E-state index in [4.69, 9.17) is 0 Å². The van der Waals surface area contributed by atoms with Crippen molar-refractivity contribution in [3.8, 4) is 0 Å². The van der Waals surface area contributed by atoms with Crippen LogP contribution in [0.15, 0.2) is 17.5 Å². The van der Waals surface area contributed by atoms with Gasteiger partial charge >= 0.3 is 0 Å². The van der Waals surface area contributed by atoms with Crippen LogP contribution in [-0.4, -0.2) is 60.4 Å². The molecule has 0 aliphatic carbocycles. The minimum Gasteiger partial charge on any atom is -0.340 e. The van der Waals surface area contributed by atoms with E-state index in [0.717, 1.165) is 56.7 Å². The molecule has 0 spiro atoms. The molecule has 3 heterocycles. The molecule has 3 rings (SSSR count). The van der Waals surface area contributed by atoms with Gasteiger partial charge in [0.15, 0.2) is 0 Å². The SMILES string of the molecule is Cl.O=C(C1CCCCN1C(=O)c1cccs1)N1CCCNCC1. The predicted molar refractivity (Wildman–Crippen MR) is 94.3 cm³/mol. The number of likely N-dealkylation sites (tertiary alicyclic amines) is 1. The van der Waals surface area contributed by atoms with Crippen LogP contribution in [0, 0.1) is 0 Å². The predicted octanol–water partition coefficient (Wildman–Crippen LogP) is 1.99. The Labute approximate surface area is 147 Å². The molecule has 5 nitrogen and oxygen atoms in total. The van der Waals surface area contributed by atoms with Crippen molar-refractivity contribution in [3.63, 3.8) is 0 Å². The van der Waals surface area contributed by atoms with Gasteiger partial charge in [0.2, 0.25) is 5.91 Å². The highest BCUT2D eigenvalue weighted by Gasteiger charge is 2.35. The van der Waals surface area contributed by atoms with Crippen LogP contribution >= 0.6 is 23.7 Å². The molecule has 0 saturated carbocycles. The Bertz CT molecular complexity index is 515. The number of amides is 2. The molecule has 128 valence electrons. The van der Waals surface area contributed by atoms with Crippen molar-refractivity contribution in [2.24, 2.45) is 0 Å². The first-order valence-electron chi connectivity index (χ1n) is 8.11. The summed E-state index contributed by atoms with van der Waals surface area (Å²) in [6.45, 7) is 4.04. The molecule has 0 bridgehead atoms. The third-order valence-electron chi connectivity index (χ3n) is 4.43. The summed E-state index contributed by atoms with van der Waals surface area (Å²) in [4.78, 5) is 30.0. The molecule has 1 atom stereocenters. The van der Waals surface area contributed by atoms with Crippen LogP contribution in [0.1, 0.15) is 35.4 Å². The molecule has 1 aromatic rings. The van der Waals surface area contributed by atoms with Gasteiger partial charge in [-0.1, -0.05) is 6.07 Å². The van der Waals surface area contributed by atoms with E-state index in [1.807, 2.05) is 22.4 Å². The highest BCUT2D eigenvalue weighted by atomic mass is 35.5. The number of carbonyl (C=O) groups is 2. The van der Waals surface area contributed by atoms with Gasteiger partial charge in [0, 0.05) is 26.2 Å². The summed E-state index contributed by atoms with van der Waals surface area (Å²) in [6.07, 6.45) is 3.79. The number of carbonyl (C=O) groups excluding carboxylic acids is 2. The smallest absolute Gasteiger partial charge is 0.264 e. The third kappa shape index (κ3) is 4.25. The minimum atomic E-state index is -0.276. The van der Waals surface area contributed by atoms with E-state index >= 15 is 0 Å². The molecule has 1 unspecified atom stereocenters. The van der Waals surface area contributed by atoms with Gasteiger partial charge in [-0.15, -0.1) is 23.7 Å². The number of rotatable bonds is 2. The molecule has 1 aromatic heterocycles. The third-order valence-corrected chi connectivity index (χ3v) is 5.29. The number of piperidine rings is 1. The van der Waals surface area contributed by atoms with Gasteiger partial charge in [0.1, 0.15) is 6.04 Å². The molecule has 2 aliphatic rings. The van der Waals surface area contributed by atoms with Crippen LogP contribution in [0.4, 0.5) is 0 Å². The quantitative estimate of drug-likeness (QED) is 0.880. The van der Waals surface area contributed by atoms with Gasteiger partial charge in [-0.2, -0.15) is 0 Å². The molecule has 2 fully saturated rings. The number of nitrogens with one attached hydrogen (secondary N) is 1. The molecule has 2 aliphatic heterocycles. The molecular formula is C16H24ClN3O2S. The normalized spacial score (nSPS) is 22.2. The van der Waals surface area contributed by atoms with E-state index in [0.29, 0.717) is 6.54 Å². The first-order chi connectivity index (χ1) is 10.8. The summed E-state index contributed by atoms with van der Waals surface area (Å²) in [5.74, 6) is 0.148. The number of hydrogen-bond acceptors (Lipinski definition) is 4. The molecule has 23 heavy (non-hydrogen) atoms. The van der Waals surface area contributed by atoms with Gasteiger partial charge in [0.25, 0.3) is 5.91 Å². The Morgan fingerprint density at radius 1 is 1.13 bits per heavy atom. The highest BCUT2D eigenvalue weighted by molar-refractivity contribution is 7.12. The van der Waals surface area contributed by atoms with E-state index in [1.54, 1.807) is 4.90 Å². The van der Waals surface area contributed by atoms with Crippen LogP contribution < -0.4 is 5.32 Å². The summed E-state index contributed by atoms with van der Waals surface area (Å²) in [5.41, 5.74) is 0. The fraction of sp³-hybridized carbons (Fsp3) is 0.625. The van der Waals surface area contributed by atoms with Crippen molar-refractivity contribution < 1.29 is 9.59 Å². The molecule has 2 saturated heterocycles. The van der Waals surface area contributed by atoms with Crippen molar-refractivity contribution in [1.29, 1.82) is 0 Å². The van der Waals surface area contributed by atoms with Crippen molar-refractivity contribution in [2.45, 2.75) is 31.7 Å². The zero-order chi connectivity index (χ0) is 15.4. The summed E-state index contributed by atoms with van der Waals surface area (Å²) in [5, 5.41) is 5.23. The summed E-state index contributed by atoms with van der Waals surface area (Å²) < 4.78 is 0. The fourth-order valence-corrected chi connectivity index (χ4v) is 3.93. The van der Waals surface area contributed by atoms with Gasteiger partial charge < -0.3 is 15.1 Å². The first-order valence-corrected chi connectivity index (χ1v) is 8.99. The highest BCUT2D eigenvalue weighted by Crippen LogP contribution is 2.23. The van der Waals surface area contributed by atoms with Crippen molar-refractivity contribution >= 4 is 35.6 Å². The monoisotopic (exact) mass is 357 g/mol. The summed E-state index contributed by atoms with van der Waals surface area (Å²) in [7, 11) is 0. The molecule has 0 radical (unpaired) electrons. The molecule has 7 heteroatoms. The van der Waals surface area contributed by atoms with Crippen LogP contribution in [-0.2, 0) is 4.79 Å². The molecule has 1 N–H and O–H groups in total. The number of halogens is 1. The lowest BCUT2D eigenvalue weighted by atomic mass is 10.0. The number of nitrogens with zero attached hydrogens (tertiary/aromatic N) is 2. The Morgan fingerprint density at radius 3 is 2.78 bits per heavy atom. The maximum atomic E-state index is 12.9. The molecule has 2 amide bonds. The van der Waals surface area contributed by atoms with Crippen LogP contribution in [0.2, 0.25) is 0 Å². The lowest BCUT2D eigenvalue weighted by molar-refractivity contribution is -0.137. The Morgan fingerprint density at radius 2 is 2.00 bits per heavy atom. The topological polar surface area (TPSA) is 52.7 Å². The Balaban J connectivity index is 0.00000192. The largest absolute Gasteiger partial charge is 0.340 e. The van der Waals surface area contributed by atoms with Crippen LogP contribution in [0.25, 0.3) is 0 Å². The second-order valence-corrected chi connectivity index (χ2v) is 6.86.